The van der Waals surface area contributed by atoms with E-state index < -0.39 is 10.0 Å². The Kier molecular flexibility index (Phi) is 4.97. The molecular formula is C13H18Cl2N2O2S. The molecule has 1 aliphatic rings. The Morgan fingerprint density at radius 3 is 2.75 bits per heavy atom. The van der Waals surface area contributed by atoms with Gasteiger partial charge < -0.3 is 5.73 Å². The van der Waals surface area contributed by atoms with Crippen LogP contribution >= 0.6 is 23.2 Å². The second-order valence-electron chi connectivity index (χ2n) is 5.20. The van der Waals surface area contributed by atoms with E-state index in [1.54, 1.807) is 6.07 Å². The van der Waals surface area contributed by atoms with Crippen molar-refractivity contribution in [3.05, 3.63) is 28.2 Å². The van der Waals surface area contributed by atoms with Gasteiger partial charge in [0.1, 0.15) is 4.90 Å². The quantitative estimate of drug-likeness (QED) is 0.922. The summed E-state index contributed by atoms with van der Waals surface area (Å²) in [5.74, 6) is 0.177. The summed E-state index contributed by atoms with van der Waals surface area (Å²) in [6.45, 7) is 2.84. The Morgan fingerprint density at radius 1 is 1.40 bits per heavy atom. The van der Waals surface area contributed by atoms with E-state index in [0.29, 0.717) is 18.1 Å². The molecule has 7 heteroatoms. The van der Waals surface area contributed by atoms with E-state index in [9.17, 15) is 8.42 Å². The summed E-state index contributed by atoms with van der Waals surface area (Å²) in [7, 11) is -3.62. The summed E-state index contributed by atoms with van der Waals surface area (Å²) in [5, 5.41) is 0.547. The van der Waals surface area contributed by atoms with Gasteiger partial charge in [-0.05, 0) is 43.9 Å². The highest BCUT2D eigenvalue weighted by molar-refractivity contribution is 7.89. The van der Waals surface area contributed by atoms with E-state index in [1.165, 1.54) is 16.4 Å². The molecule has 0 aliphatic carbocycles. The van der Waals surface area contributed by atoms with Gasteiger partial charge in [-0.25, -0.2) is 8.42 Å². The van der Waals surface area contributed by atoms with Crippen LogP contribution in [0.15, 0.2) is 23.1 Å². The van der Waals surface area contributed by atoms with Crippen LogP contribution in [0.2, 0.25) is 10.0 Å². The molecule has 2 atom stereocenters. The molecule has 1 fully saturated rings. The molecule has 1 aromatic rings. The third-order valence-electron chi connectivity index (χ3n) is 3.68. The maximum atomic E-state index is 12.7. The number of benzene rings is 1. The van der Waals surface area contributed by atoms with Crippen LogP contribution in [0.3, 0.4) is 0 Å². The van der Waals surface area contributed by atoms with E-state index in [-0.39, 0.29) is 21.9 Å². The number of nitrogens with zero attached hydrogens (tertiary/aromatic N) is 1. The zero-order valence-electron chi connectivity index (χ0n) is 11.2. The smallest absolute Gasteiger partial charge is 0.244 e. The molecule has 112 valence electrons. The minimum absolute atomic E-state index is 0.0252. The predicted molar refractivity (Wildman–Crippen MR) is 81.6 cm³/mol. The molecule has 2 rings (SSSR count). The number of rotatable bonds is 3. The standard InChI is InChI=1S/C13H18Cl2N2O2S/c1-9(16)10-3-2-6-17(8-10)20(18,19)13-7-11(14)4-5-12(13)15/h4-5,7,9-10H,2-3,6,8,16H2,1H3/t9-,10-/m1/s1. The Hall–Kier alpha value is -0.330. The summed E-state index contributed by atoms with van der Waals surface area (Å²) >= 11 is 11.9. The topological polar surface area (TPSA) is 63.4 Å². The largest absolute Gasteiger partial charge is 0.328 e. The van der Waals surface area contributed by atoms with E-state index in [0.717, 1.165) is 12.8 Å². The number of piperidine rings is 1. The molecule has 0 unspecified atom stereocenters. The molecule has 1 aromatic carbocycles. The fourth-order valence-corrected chi connectivity index (χ4v) is 4.71. The van der Waals surface area contributed by atoms with E-state index in [4.69, 9.17) is 28.9 Å². The average Bonchev–Trinajstić information content (AvgIpc) is 2.41. The van der Waals surface area contributed by atoms with Gasteiger partial charge in [0.25, 0.3) is 0 Å². The normalized spacial score (nSPS) is 22.7. The van der Waals surface area contributed by atoms with Crippen LogP contribution < -0.4 is 5.73 Å². The number of halogens is 2. The van der Waals surface area contributed by atoms with Crippen molar-refractivity contribution in [3.63, 3.8) is 0 Å². The third-order valence-corrected chi connectivity index (χ3v) is 6.26. The Balaban J connectivity index is 2.32. The molecule has 1 saturated heterocycles. The maximum absolute atomic E-state index is 12.7. The first-order chi connectivity index (χ1) is 9.32. The lowest BCUT2D eigenvalue weighted by Gasteiger charge is -2.33. The summed E-state index contributed by atoms with van der Waals surface area (Å²) < 4.78 is 26.8. The lowest BCUT2D eigenvalue weighted by Crippen LogP contribution is -2.45. The van der Waals surface area contributed by atoms with Crippen LogP contribution in [0.25, 0.3) is 0 Å². The third kappa shape index (κ3) is 3.28. The van der Waals surface area contributed by atoms with Crippen molar-refractivity contribution in [2.24, 2.45) is 11.7 Å². The number of hydrogen-bond acceptors (Lipinski definition) is 3. The Bertz CT molecular complexity index is 590. The van der Waals surface area contributed by atoms with Crippen molar-refractivity contribution in [2.45, 2.75) is 30.7 Å². The highest BCUT2D eigenvalue weighted by Gasteiger charge is 2.32. The van der Waals surface area contributed by atoms with Gasteiger partial charge >= 0.3 is 0 Å². The van der Waals surface area contributed by atoms with Crippen LogP contribution in [0, 0.1) is 5.92 Å². The van der Waals surface area contributed by atoms with Crippen LogP contribution in [-0.4, -0.2) is 31.9 Å². The van der Waals surface area contributed by atoms with Gasteiger partial charge in [0, 0.05) is 24.2 Å². The summed E-state index contributed by atoms with van der Waals surface area (Å²) in [5.41, 5.74) is 5.90. The van der Waals surface area contributed by atoms with E-state index >= 15 is 0 Å². The highest BCUT2D eigenvalue weighted by Crippen LogP contribution is 2.30. The minimum atomic E-state index is -3.62. The number of hydrogen-bond donors (Lipinski definition) is 1. The summed E-state index contributed by atoms with van der Waals surface area (Å²) in [6, 6.07) is 4.45. The zero-order valence-corrected chi connectivity index (χ0v) is 13.5. The molecule has 0 amide bonds. The molecule has 0 saturated carbocycles. The molecular weight excluding hydrogens is 319 g/mol. The van der Waals surface area contributed by atoms with E-state index in [2.05, 4.69) is 0 Å². The summed E-state index contributed by atoms with van der Waals surface area (Å²) in [6.07, 6.45) is 1.76. The van der Waals surface area contributed by atoms with Gasteiger partial charge in [-0.2, -0.15) is 4.31 Å². The SMILES string of the molecule is C[C@@H](N)[C@@H]1CCCN(S(=O)(=O)c2cc(Cl)ccc2Cl)C1. The summed E-state index contributed by atoms with van der Waals surface area (Å²) in [4.78, 5) is 0.0667. The minimum Gasteiger partial charge on any atom is -0.328 e. The van der Waals surface area contributed by atoms with Gasteiger partial charge in [0.05, 0.1) is 5.02 Å². The molecule has 0 radical (unpaired) electrons. The highest BCUT2D eigenvalue weighted by atomic mass is 35.5. The average molecular weight is 337 g/mol. The Morgan fingerprint density at radius 2 is 2.10 bits per heavy atom. The van der Waals surface area contributed by atoms with Crippen molar-refractivity contribution >= 4 is 33.2 Å². The molecule has 20 heavy (non-hydrogen) atoms. The van der Waals surface area contributed by atoms with Gasteiger partial charge in [0.2, 0.25) is 10.0 Å². The molecule has 0 aromatic heterocycles. The molecule has 0 bridgehead atoms. The van der Waals surface area contributed by atoms with Crippen LogP contribution in [0.4, 0.5) is 0 Å². The van der Waals surface area contributed by atoms with Gasteiger partial charge in [-0.15, -0.1) is 0 Å². The lowest BCUT2D eigenvalue weighted by molar-refractivity contribution is 0.243. The fraction of sp³-hybridized carbons (Fsp3) is 0.538. The van der Waals surface area contributed by atoms with Crippen LogP contribution in [0.1, 0.15) is 19.8 Å². The van der Waals surface area contributed by atoms with Gasteiger partial charge in [-0.1, -0.05) is 23.2 Å². The first kappa shape index (κ1) is 16.0. The number of nitrogens with two attached hydrogens (primary N) is 1. The first-order valence-corrected chi connectivity index (χ1v) is 8.72. The molecule has 2 N–H and O–H groups in total. The van der Waals surface area contributed by atoms with Crippen LogP contribution in [0.5, 0.6) is 0 Å². The van der Waals surface area contributed by atoms with E-state index in [1.807, 2.05) is 6.92 Å². The fourth-order valence-electron chi connectivity index (χ4n) is 2.44. The van der Waals surface area contributed by atoms with Crippen molar-refractivity contribution in [2.75, 3.05) is 13.1 Å². The zero-order chi connectivity index (χ0) is 14.9. The number of sulfonamides is 1. The molecule has 0 spiro atoms. The molecule has 4 nitrogen and oxygen atoms in total. The van der Waals surface area contributed by atoms with Crippen LogP contribution in [-0.2, 0) is 10.0 Å². The second kappa shape index (κ2) is 6.20. The lowest BCUT2D eigenvalue weighted by atomic mass is 9.93. The monoisotopic (exact) mass is 336 g/mol. The predicted octanol–water partition coefficient (Wildman–Crippen LogP) is 2.74. The second-order valence-corrected chi connectivity index (χ2v) is 7.95. The molecule has 1 heterocycles. The maximum Gasteiger partial charge on any atom is 0.244 e. The Labute approximate surface area is 129 Å². The molecule has 1 aliphatic heterocycles. The van der Waals surface area contributed by atoms with Crippen molar-refractivity contribution < 1.29 is 8.42 Å². The van der Waals surface area contributed by atoms with Crippen molar-refractivity contribution in [1.29, 1.82) is 0 Å². The van der Waals surface area contributed by atoms with Gasteiger partial charge in [0.15, 0.2) is 0 Å². The van der Waals surface area contributed by atoms with Crippen molar-refractivity contribution in [3.8, 4) is 0 Å². The first-order valence-electron chi connectivity index (χ1n) is 6.53. The van der Waals surface area contributed by atoms with Gasteiger partial charge in [-0.3, -0.25) is 0 Å². The van der Waals surface area contributed by atoms with Crippen molar-refractivity contribution in [1.82, 2.24) is 4.31 Å².